The highest BCUT2D eigenvalue weighted by Crippen LogP contribution is 2.38. The summed E-state index contributed by atoms with van der Waals surface area (Å²) < 4.78 is 0. The second-order valence-electron chi connectivity index (χ2n) is 7.11. The van der Waals surface area contributed by atoms with Gasteiger partial charge >= 0.3 is 0 Å². The number of anilines is 1. The first-order chi connectivity index (χ1) is 10.4. The van der Waals surface area contributed by atoms with Crippen molar-refractivity contribution in [2.24, 2.45) is 5.92 Å². The molecule has 0 radical (unpaired) electrons. The summed E-state index contributed by atoms with van der Waals surface area (Å²) in [6.07, 6.45) is 15.3. The van der Waals surface area contributed by atoms with E-state index in [0.717, 1.165) is 24.5 Å². The van der Waals surface area contributed by atoms with E-state index in [1.807, 2.05) is 6.20 Å². The van der Waals surface area contributed by atoms with Gasteiger partial charge in [-0.2, -0.15) is 0 Å². The number of pyridine rings is 1. The molecular formula is C18H27N3. The molecule has 1 aromatic heterocycles. The molecule has 1 N–H and O–H groups in total. The molecule has 0 bridgehead atoms. The van der Waals surface area contributed by atoms with E-state index in [1.165, 1.54) is 69.2 Å². The summed E-state index contributed by atoms with van der Waals surface area (Å²) in [5, 5.41) is 3.67. The smallest absolute Gasteiger partial charge is 0.0600 e. The Morgan fingerprint density at radius 2 is 1.95 bits per heavy atom. The van der Waals surface area contributed by atoms with E-state index in [-0.39, 0.29) is 0 Å². The predicted octanol–water partition coefficient (Wildman–Crippen LogP) is 3.49. The maximum absolute atomic E-state index is 4.42. The van der Waals surface area contributed by atoms with Gasteiger partial charge in [-0.15, -0.1) is 0 Å². The van der Waals surface area contributed by atoms with Crippen molar-refractivity contribution in [3.05, 3.63) is 24.0 Å². The fourth-order valence-electron chi connectivity index (χ4n) is 4.29. The van der Waals surface area contributed by atoms with Crippen molar-refractivity contribution in [1.82, 2.24) is 10.3 Å². The van der Waals surface area contributed by atoms with Crippen molar-refractivity contribution in [2.75, 3.05) is 11.4 Å². The lowest BCUT2D eigenvalue weighted by Crippen LogP contribution is -2.35. The number of hydrogen-bond donors (Lipinski definition) is 1. The highest BCUT2D eigenvalue weighted by atomic mass is 15.2. The van der Waals surface area contributed by atoms with Crippen LogP contribution in [0.2, 0.25) is 0 Å². The Kier molecular flexibility index (Phi) is 3.85. The zero-order chi connectivity index (χ0) is 14.1. The maximum atomic E-state index is 4.42. The van der Waals surface area contributed by atoms with Crippen LogP contribution < -0.4 is 10.2 Å². The third kappa shape index (κ3) is 2.94. The zero-order valence-electron chi connectivity index (χ0n) is 12.9. The summed E-state index contributed by atoms with van der Waals surface area (Å²) in [5.74, 6) is 0.928. The van der Waals surface area contributed by atoms with E-state index in [2.05, 4.69) is 27.5 Å². The van der Waals surface area contributed by atoms with Crippen LogP contribution in [0.15, 0.2) is 18.5 Å². The summed E-state index contributed by atoms with van der Waals surface area (Å²) in [6.45, 7) is 2.24. The molecule has 2 aliphatic carbocycles. The molecule has 21 heavy (non-hydrogen) atoms. The Balaban J connectivity index is 1.53. The molecule has 114 valence electrons. The van der Waals surface area contributed by atoms with Crippen molar-refractivity contribution < 1.29 is 0 Å². The quantitative estimate of drug-likeness (QED) is 0.897. The summed E-state index contributed by atoms with van der Waals surface area (Å²) in [7, 11) is 0. The molecule has 2 saturated carbocycles. The van der Waals surface area contributed by atoms with E-state index in [9.17, 15) is 0 Å². The number of nitrogens with one attached hydrogen (secondary N) is 1. The molecule has 2 heterocycles. The van der Waals surface area contributed by atoms with Crippen molar-refractivity contribution in [1.29, 1.82) is 0 Å². The maximum Gasteiger partial charge on any atom is 0.0600 e. The molecule has 3 nitrogen and oxygen atoms in total. The molecule has 4 rings (SSSR count). The number of rotatable bonds is 5. The Labute approximate surface area is 128 Å². The fraction of sp³-hybridized carbons (Fsp3) is 0.722. The third-order valence-corrected chi connectivity index (χ3v) is 5.60. The van der Waals surface area contributed by atoms with Crippen LogP contribution in [0.25, 0.3) is 0 Å². The van der Waals surface area contributed by atoms with E-state index >= 15 is 0 Å². The van der Waals surface area contributed by atoms with Crippen LogP contribution in [0.4, 0.5) is 5.69 Å². The summed E-state index contributed by atoms with van der Waals surface area (Å²) in [6, 6.07) is 3.76. The molecule has 3 aliphatic rings. The largest absolute Gasteiger partial charge is 0.367 e. The number of aromatic nitrogens is 1. The minimum Gasteiger partial charge on any atom is -0.367 e. The molecule has 0 amide bonds. The van der Waals surface area contributed by atoms with Crippen LogP contribution in [-0.2, 0) is 6.54 Å². The van der Waals surface area contributed by atoms with Gasteiger partial charge < -0.3 is 10.2 Å². The molecule has 1 unspecified atom stereocenters. The van der Waals surface area contributed by atoms with Gasteiger partial charge in [0, 0.05) is 31.4 Å². The summed E-state index contributed by atoms with van der Waals surface area (Å²) in [5.41, 5.74) is 2.85. The first-order valence-corrected chi connectivity index (χ1v) is 8.85. The summed E-state index contributed by atoms with van der Waals surface area (Å²) in [4.78, 5) is 7.11. The molecular weight excluding hydrogens is 258 g/mol. The van der Waals surface area contributed by atoms with Gasteiger partial charge in [0.15, 0.2) is 0 Å². The molecule has 0 aromatic carbocycles. The number of hydrogen-bond acceptors (Lipinski definition) is 3. The zero-order valence-corrected chi connectivity index (χ0v) is 12.9. The molecule has 1 saturated heterocycles. The van der Waals surface area contributed by atoms with Gasteiger partial charge in [0.05, 0.1) is 11.9 Å². The highest BCUT2D eigenvalue weighted by molar-refractivity contribution is 5.53. The Morgan fingerprint density at radius 3 is 2.76 bits per heavy atom. The van der Waals surface area contributed by atoms with E-state index in [4.69, 9.17) is 0 Å². The van der Waals surface area contributed by atoms with Crippen LogP contribution in [0.5, 0.6) is 0 Å². The van der Waals surface area contributed by atoms with Gasteiger partial charge in [0.25, 0.3) is 0 Å². The van der Waals surface area contributed by atoms with Gasteiger partial charge in [-0.1, -0.05) is 12.8 Å². The van der Waals surface area contributed by atoms with Gasteiger partial charge in [-0.25, -0.2) is 0 Å². The van der Waals surface area contributed by atoms with Crippen molar-refractivity contribution in [3.63, 3.8) is 0 Å². The van der Waals surface area contributed by atoms with Gasteiger partial charge in [0.1, 0.15) is 0 Å². The molecule has 1 aliphatic heterocycles. The monoisotopic (exact) mass is 285 g/mol. The van der Waals surface area contributed by atoms with Gasteiger partial charge in [-0.3, -0.25) is 4.98 Å². The first kappa shape index (κ1) is 13.6. The lowest BCUT2D eigenvalue weighted by molar-refractivity contribution is 0.430. The van der Waals surface area contributed by atoms with E-state index in [1.54, 1.807) is 0 Å². The minimum atomic E-state index is 0.773. The molecule has 1 aromatic rings. The van der Waals surface area contributed by atoms with Crippen molar-refractivity contribution >= 4 is 5.69 Å². The van der Waals surface area contributed by atoms with E-state index in [0.29, 0.717) is 0 Å². The topological polar surface area (TPSA) is 28.2 Å². The summed E-state index contributed by atoms with van der Waals surface area (Å²) >= 11 is 0. The molecule has 3 fully saturated rings. The molecule has 1 atom stereocenters. The highest BCUT2D eigenvalue weighted by Gasteiger charge is 2.34. The Morgan fingerprint density at radius 1 is 1.10 bits per heavy atom. The van der Waals surface area contributed by atoms with Crippen LogP contribution in [0.3, 0.4) is 0 Å². The second kappa shape index (κ2) is 5.96. The average molecular weight is 285 g/mol. The lowest BCUT2D eigenvalue weighted by atomic mass is 9.95. The van der Waals surface area contributed by atoms with E-state index < -0.39 is 0 Å². The van der Waals surface area contributed by atoms with Crippen LogP contribution in [0, 0.1) is 5.92 Å². The first-order valence-electron chi connectivity index (χ1n) is 8.85. The molecule has 3 heteroatoms. The Hall–Kier alpha value is -1.09. The minimum absolute atomic E-state index is 0.773. The predicted molar refractivity (Wildman–Crippen MR) is 86.4 cm³/mol. The second-order valence-corrected chi connectivity index (χ2v) is 7.11. The van der Waals surface area contributed by atoms with Crippen molar-refractivity contribution in [3.8, 4) is 0 Å². The average Bonchev–Trinajstić information content (AvgIpc) is 3.01. The van der Waals surface area contributed by atoms with Gasteiger partial charge in [0.2, 0.25) is 0 Å². The van der Waals surface area contributed by atoms with Crippen LogP contribution in [-0.4, -0.2) is 23.6 Å². The fourth-order valence-corrected chi connectivity index (χ4v) is 4.29. The van der Waals surface area contributed by atoms with Crippen LogP contribution in [0.1, 0.15) is 56.9 Å². The lowest BCUT2D eigenvalue weighted by Gasteiger charge is -2.32. The van der Waals surface area contributed by atoms with Crippen molar-refractivity contribution in [2.45, 2.75) is 70.0 Å². The van der Waals surface area contributed by atoms with Crippen LogP contribution >= 0.6 is 0 Å². The SMILES string of the molecule is c1cc(CNC2CC2)c(N2CCCC2C2CCCC2)cn1. The van der Waals surface area contributed by atoms with Gasteiger partial charge in [-0.05, 0) is 56.1 Å². The standard InChI is InChI=1S/C18H27N3/c1-2-5-14(4-1)17-6-3-11-21(17)18-13-19-10-9-15(18)12-20-16-7-8-16/h9-10,13-14,16-17,20H,1-8,11-12H2. The Bertz CT molecular complexity index is 477. The third-order valence-electron chi connectivity index (χ3n) is 5.60. The molecule has 0 spiro atoms. The number of nitrogens with zero attached hydrogens (tertiary/aromatic N) is 2. The normalized spacial score (nSPS) is 26.7.